The van der Waals surface area contributed by atoms with E-state index < -0.39 is 28.5 Å². The van der Waals surface area contributed by atoms with Crippen LogP contribution in [0.2, 0.25) is 0 Å². The molecule has 4 atom stereocenters. The van der Waals surface area contributed by atoms with Gasteiger partial charge < -0.3 is 23.7 Å². The molecular weight excluding hydrogens is 352 g/mol. The standard InChI is InChI=1S/C20H30O7/c1-5-6-19(17(22)24-4)16(21)15-12-18(19,7-8-25-13-23-3)14(2)11-20(15)26-9-10-27-20/h5,14-15H,1,6-13H2,2-4H3/t14-,15-,18+,19+/m0/s1. The first kappa shape index (κ1) is 20.5. The van der Waals surface area contributed by atoms with Gasteiger partial charge in [0.1, 0.15) is 12.2 Å². The first-order valence-electron chi connectivity index (χ1n) is 9.52. The van der Waals surface area contributed by atoms with Crippen molar-refractivity contribution < 1.29 is 33.3 Å². The fourth-order valence-corrected chi connectivity index (χ4v) is 5.75. The molecule has 0 unspecified atom stereocenters. The summed E-state index contributed by atoms with van der Waals surface area (Å²) in [6.07, 6.45) is 3.53. The van der Waals surface area contributed by atoms with Gasteiger partial charge in [-0.15, -0.1) is 6.58 Å². The smallest absolute Gasteiger partial charge is 0.320 e. The number of Topliss-reactive ketones (excluding diaryl/α,β-unsaturated/α-hetero) is 1. The molecule has 2 saturated carbocycles. The summed E-state index contributed by atoms with van der Waals surface area (Å²) in [5, 5.41) is 0. The molecule has 152 valence electrons. The maximum absolute atomic E-state index is 13.7. The van der Waals surface area contributed by atoms with E-state index in [0.29, 0.717) is 39.1 Å². The highest BCUT2D eigenvalue weighted by Gasteiger charge is 2.76. The molecule has 0 amide bonds. The first-order valence-corrected chi connectivity index (χ1v) is 9.52. The van der Waals surface area contributed by atoms with Crippen LogP contribution < -0.4 is 0 Å². The molecule has 2 bridgehead atoms. The summed E-state index contributed by atoms with van der Waals surface area (Å²) in [7, 11) is 2.90. The number of esters is 1. The Morgan fingerprint density at radius 3 is 2.59 bits per heavy atom. The number of hydrogen-bond donors (Lipinski definition) is 0. The van der Waals surface area contributed by atoms with E-state index in [4.69, 9.17) is 23.7 Å². The molecule has 0 aromatic heterocycles. The van der Waals surface area contributed by atoms with Crippen LogP contribution in [-0.2, 0) is 33.3 Å². The molecule has 7 heteroatoms. The number of ether oxygens (including phenoxy) is 5. The average molecular weight is 382 g/mol. The van der Waals surface area contributed by atoms with E-state index in [0.717, 1.165) is 0 Å². The van der Waals surface area contributed by atoms with E-state index in [1.165, 1.54) is 7.11 Å². The predicted molar refractivity (Wildman–Crippen MR) is 95.7 cm³/mol. The lowest BCUT2D eigenvalue weighted by atomic mass is 9.54. The van der Waals surface area contributed by atoms with Crippen LogP contribution in [0.5, 0.6) is 0 Å². The molecule has 7 nitrogen and oxygen atoms in total. The van der Waals surface area contributed by atoms with Crippen LogP contribution in [-0.4, -0.2) is 58.4 Å². The molecular formula is C20H30O7. The van der Waals surface area contributed by atoms with Crippen molar-refractivity contribution in [2.24, 2.45) is 22.7 Å². The number of carbonyl (C=O) groups is 2. The quantitative estimate of drug-likeness (QED) is 0.209. The molecule has 0 N–H and O–H groups in total. The van der Waals surface area contributed by atoms with Crippen molar-refractivity contribution in [1.29, 1.82) is 0 Å². The van der Waals surface area contributed by atoms with Crippen molar-refractivity contribution in [2.45, 2.75) is 38.4 Å². The summed E-state index contributed by atoms with van der Waals surface area (Å²) >= 11 is 0. The van der Waals surface area contributed by atoms with Gasteiger partial charge in [0.05, 0.1) is 32.8 Å². The second kappa shape index (κ2) is 7.62. The van der Waals surface area contributed by atoms with E-state index in [9.17, 15) is 9.59 Å². The molecule has 0 radical (unpaired) electrons. The lowest BCUT2D eigenvalue weighted by molar-refractivity contribution is -0.227. The van der Waals surface area contributed by atoms with Gasteiger partial charge in [-0.1, -0.05) is 13.0 Å². The highest BCUT2D eigenvalue weighted by Crippen LogP contribution is 2.69. The normalized spacial score (nSPS) is 36.9. The third-order valence-electron chi connectivity index (χ3n) is 6.87. The van der Waals surface area contributed by atoms with Crippen molar-refractivity contribution in [3.05, 3.63) is 12.7 Å². The highest BCUT2D eigenvalue weighted by molar-refractivity contribution is 6.08. The van der Waals surface area contributed by atoms with E-state index >= 15 is 0 Å². The Balaban J connectivity index is 2.06. The summed E-state index contributed by atoms with van der Waals surface area (Å²) in [6.45, 7) is 7.38. The second-order valence-corrected chi connectivity index (χ2v) is 7.85. The summed E-state index contributed by atoms with van der Waals surface area (Å²) in [5.74, 6) is -2.05. The Morgan fingerprint density at radius 1 is 1.30 bits per heavy atom. The third-order valence-corrected chi connectivity index (χ3v) is 6.87. The SMILES string of the molecule is C=CC[C@]1(C(=O)OC)C(=O)[C@@H]2C[C@]1(CCOCOC)[C@@H](C)CC21OCCO1. The molecule has 1 heterocycles. The van der Waals surface area contributed by atoms with Crippen LogP contribution in [0.3, 0.4) is 0 Å². The molecule has 0 aromatic rings. The summed E-state index contributed by atoms with van der Waals surface area (Å²) in [6, 6.07) is 0. The van der Waals surface area contributed by atoms with Gasteiger partial charge in [0, 0.05) is 13.5 Å². The number of rotatable bonds is 8. The highest BCUT2D eigenvalue weighted by atomic mass is 16.7. The van der Waals surface area contributed by atoms with Gasteiger partial charge in [-0.25, -0.2) is 0 Å². The lowest BCUT2D eigenvalue weighted by Gasteiger charge is -2.50. The van der Waals surface area contributed by atoms with E-state index in [2.05, 4.69) is 13.5 Å². The number of hydrogen-bond acceptors (Lipinski definition) is 7. The van der Waals surface area contributed by atoms with Crippen molar-refractivity contribution >= 4 is 11.8 Å². The van der Waals surface area contributed by atoms with Crippen LogP contribution in [0.25, 0.3) is 0 Å². The minimum Gasteiger partial charge on any atom is -0.468 e. The van der Waals surface area contributed by atoms with E-state index in [1.54, 1.807) is 13.2 Å². The molecule has 27 heavy (non-hydrogen) atoms. The summed E-state index contributed by atoms with van der Waals surface area (Å²) in [4.78, 5) is 26.8. The predicted octanol–water partition coefficient (Wildman–Crippen LogP) is 2.09. The van der Waals surface area contributed by atoms with Crippen molar-refractivity contribution in [3.8, 4) is 0 Å². The molecule has 3 aliphatic rings. The van der Waals surface area contributed by atoms with Crippen LogP contribution >= 0.6 is 0 Å². The Hall–Kier alpha value is -1.28. The fourth-order valence-electron chi connectivity index (χ4n) is 5.75. The van der Waals surface area contributed by atoms with Gasteiger partial charge in [0.15, 0.2) is 11.6 Å². The molecule has 2 aliphatic carbocycles. The van der Waals surface area contributed by atoms with Gasteiger partial charge in [-0.2, -0.15) is 0 Å². The largest absolute Gasteiger partial charge is 0.468 e. The average Bonchev–Trinajstić information content (AvgIpc) is 3.20. The zero-order valence-corrected chi connectivity index (χ0v) is 16.5. The van der Waals surface area contributed by atoms with Crippen LogP contribution in [0.15, 0.2) is 12.7 Å². The number of allylic oxidation sites excluding steroid dienone is 1. The Morgan fingerprint density at radius 2 is 2.00 bits per heavy atom. The molecule has 1 aliphatic heterocycles. The summed E-state index contributed by atoms with van der Waals surface area (Å²) < 4.78 is 27.6. The zero-order valence-electron chi connectivity index (χ0n) is 16.5. The van der Waals surface area contributed by atoms with Gasteiger partial charge >= 0.3 is 5.97 Å². The number of carbonyl (C=O) groups excluding carboxylic acids is 2. The minimum atomic E-state index is -1.29. The van der Waals surface area contributed by atoms with Gasteiger partial charge in [0.2, 0.25) is 0 Å². The molecule has 1 spiro atoms. The minimum absolute atomic E-state index is 0.00324. The Kier molecular flexibility index (Phi) is 5.77. The number of ketones is 1. The van der Waals surface area contributed by atoms with Crippen LogP contribution in [0.1, 0.15) is 32.6 Å². The lowest BCUT2D eigenvalue weighted by Crippen LogP contribution is -2.53. The second-order valence-electron chi connectivity index (χ2n) is 7.85. The maximum atomic E-state index is 13.7. The number of fused-ring (bicyclic) bond motifs is 3. The van der Waals surface area contributed by atoms with Gasteiger partial charge in [-0.05, 0) is 30.6 Å². The molecule has 1 saturated heterocycles. The van der Waals surface area contributed by atoms with Gasteiger partial charge in [-0.3, -0.25) is 9.59 Å². The zero-order chi connectivity index (χ0) is 19.7. The molecule has 3 rings (SSSR count). The van der Waals surface area contributed by atoms with E-state index in [1.807, 2.05) is 0 Å². The Bertz CT molecular complexity index is 597. The molecule has 3 fully saturated rings. The third kappa shape index (κ3) is 2.78. The Labute approximate surface area is 160 Å². The first-order chi connectivity index (χ1) is 12.9. The van der Waals surface area contributed by atoms with Crippen LogP contribution in [0.4, 0.5) is 0 Å². The monoisotopic (exact) mass is 382 g/mol. The maximum Gasteiger partial charge on any atom is 0.320 e. The van der Waals surface area contributed by atoms with Gasteiger partial charge in [0.25, 0.3) is 0 Å². The van der Waals surface area contributed by atoms with Crippen LogP contribution in [0, 0.1) is 22.7 Å². The summed E-state index contributed by atoms with van der Waals surface area (Å²) in [5.41, 5.74) is -1.88. The fraction of sp³-hybridized carbons (Fsp3) is 0.800. The van der Waals surface area contributed by atoms with Crippen molar-refractivity contribution in [3.63, 3.8) is 0 Å². The number of methoxy groups -OCH3 is 2. The topological polar surface area (TPSA) is 80.3 Å². The van der Waals surface area contributed by atoms with E-state index in [-0.39, 0.29) is 24.9 Å². The van der Waals surface area contributed by atoms with Crippen molar-refractivity contribution in [2.75, 3.05) is 40.8 Å². The molecule has 0 aromatic carbocycles. The van der Waals surface area contributed by atoms with Crippen molar-refractivity contribution in [1.82, 2.24) is 0 Å².